The third-order valence-corrected chi connectivity index (χ3v) is 6.21. The summed E-state index contributed by atoms with van der Waals surface area (Å²) >= 11 is 12.3. The molecule has 0 unspecified atom stereocenters. The van der Waals surface area contributed by atoms with Gasteiger partial charge in [0.25, 0.3) is 5.91 Å². The quantitative estimate of drug-likeness (QED) is 0.398. The Hall–Kier alpha value is -3.42. The highest BCUT2D eigenvalue weighted by atomic mass is 35.5. The van der Waals surface area contributed by atoms with E-state index >= 15 is 0 Å². The summed E-state index contributed by atoms with van der Waals surface area (Å²) in [5, 5.41) is 13.2. The molecule has 0 aliphatic carbocycles. The summed E-state index contributed by atoms with van der Waals surface area (Å²) in [7, 11) is 1.58. The van der Waals surface area contributed by atoms with Crippen LogP contribution >= 0.6 is 23.2 Å². The first-order valence-corrected chi connectivity index (χ1v) is 11.7. The molecule has 0 aromatic heterocycles. The van der Waals surface area contributed by atoms with Crippen LogP contribution in [0.4, 0.5) is 0 Å². The molecule has 182 valence electrons. The minimum Gasteiger partial charge on any atom is -0.496 e. The molecule has 0 saturated carbocycles. The van der Waals surface area contributed by atoms with Gasteiger partial charge >= 0.3 is 5.97 Å². The predicted molar refractivity (Wildman–Crippen MR) is 132 cm³/mol. The lowest BCUT2D eigenvalue weighted by Gasteiger charge is -2.24. The number of fused-ring (bicyclic) bond motifs is 1. The number of benzene rings is 3. The summed E-state index contributed by atoms with van der Waals surface area (Å²) in [6, 6.07) is 15.2. The van der Waals surface area contributed by atoms with E-state index in [2.05, 4.69) is 5.32 Å². The number of amides is 1. The summed E-state index contributed by atoms with van der Waals surface area (Å²) in [6.07, 6.45) is 0.977. The monoisotopic (exact) mass is 515 g/mol. The van der Waals surface area contributed by atoms with Gasteiger partial charge in [-0.1, -0.05) is 29.3 Å². The topological polar surface area (TPSA) is 94.1 Å². The lowest BCUT2D eigenvalue weighted by Crippen LogP contribution is -2.25. The number of hydrogen-bond acceptors (Lipinski definition) is 5. The number of aliphatic carboxylic acids is 1. The standard InChI is InChI=1S/C26H23Cl2NO6/c1-33-22-12-17(27)5-2-15(22)8-10-29-25(30)16-3-6-18(7-4-16)35-24-14-23-20(13-21(24)28)19(26(31)32)9-11-34-23/h2-7,12-14,19H,8-11H2,1H3,(H,29,30)(H,31,32)/t19-/m0/s1. The second kappa shape index (κ2) is 10.9. The maximum atomic E-state index is 12.5. The molecule has 1 atom stereocenters. The number of rotatable bonds is 8. The van der Waals surface area contributed by atoms with E-state index in [1.54, 1.807) is 55.6 Å². The van der Waals surface area contributed by atoms with Crippen molar-refractivity contribution in [3.63, 3.8) is 0 Å². The van der Waals surface area contributed by atoms with Gasteiger partial charge in [-0.25, -0.2) is 0 Å². The maximum Gasteiger partial charge on any atom is 0.311 e. The molecule has 4 rings (SSSR count). The Morgan fingerprint density at radius 2 is 1.86 bits per heavy atom. The number of ether oxygens (including phenoxy) is 3. The number of carbonyl (C=O) groups excluding carboxylic acids is 1. The Morgan fingerprint density at radius 3 is 2.57 bits per heavy atom. The van der Waals surface area contributed by atoms with E-state index in [1.165, 1.54) is 0 Å². The maximum absolute atomic E-state index is 12.5. The van der Waals surface area contributed by atoms with Crippen LogP contribution in [0.5, 0.6) is 23.0 Å². The van der Waals surface area contributed by atoms with E-state index < -0.39 is 11.9 Å². The molecule has 2 N–H and O–H groups in total. The fourth-order valence-electron chi connectivity index (χ4n) is 3.86. The zero-order chi connectivity index (χ0) is 24.9. The van der Waals surface area contributed by atoms with Crippen molar-refractivity contribution >= 4 is 35.1 Å². The van der Waals surface area contributed by atoms with Gasteiger partial charge in [-0.2, -0.15) is 0 Å². The average molecular weight is 516 g/mol. The Bertz CT molecular complexity index is 1250. The van der Waals surface area contributed by atoms with Gasteiger partial charge in [-0.3, -0.25) is 9.59 Å². The molecule has 0 spiro atoms. The first kappa shape index (κ1) is 24.7. The second-order valence-electron chi connectivity index (χ2n) is 7.94. The molecule has 1 heterocycles. The highest BCUT2D eigenvalue weighted by molar-refractivity contribution is 6.32. The number of carboxylic acid groups (broad SMARTS) is 1. The van der Waals surface area contributed by atoms with Crippen molar-refractivity contribution in [2.75, 3.05) is 20.3 Å². The van der Waals surface area contributed by atoms with Crippen LogP contribution in [-0.4, -0.2) is 37.2 Å². The zero-order valence-electron chi connectivity index (χ0n) is 18.8. The molecule has 1 amide bonds. The van der Waals surface area contributed by atoms with Crippen molar-refractivity contribution in [3.8, 4) is 23.0 Å². The molecule has 0 saturated heterocycles. The highest BCUT2D eigenvalue weighted by Crippen LogP contribution is 2.41. The molecule has 0 bridgehead atoms. The van der Waals surface area contributed by atoms with Crippen LogP contribution in [0.15, 0.2) is 54.6 Å². The van der Waals surface area contributed by atoms with Gasteiger partial charge in [-0.05, 0) is 60.9 Å². The third kappa shape index (κ3) is 5.81. The Balaban J connectivity index is 1.38. The highest BCUT2D eigenvalue weighted by Gasteiger charge is 2.29. The molecule has 1 aliphatic heterocycles. The van der Waals surface area contributed by atoms with Gasteiger partial charge < -0.3 is 24.6 Å². The molecule has 7 nitrogen and oxygen atoms in total. The largest absolute Gasteiger partial charge is 0.496 e. The van der Waals surface area contributed by atoms with E-state index in [4.69, 9.17) is 37.4 Å². The summed E-state index contributed by atoms with van der Waals surface area (Å²) < 4.78 is 16.8. The zero-order valence-corrected chi connectivity index (χ0v) is 20.4. The SMILES string of the molecule is COc1cc(Cl)ccc1CCNC(=O)c1ccc(Oc2cc3c(cc2Cl)[C@@H](C(=O)O)CCO3)cc1. The van der Waals surface area contributed by atoms with Crippen LogP contribution in [-0.2, 0) is 11.2 Å². The van der Waals surface area contributed by atoms with Crippen LogP contribution < -0.4 is 19.5 Å². The summed E-state index contributed by atoms with van der Waals surface area (Å²) in [4.78, 5) is 24.0. The fourth-order valence-corrected chi connectivity index (χ4v) is 4.24. The Morgan fingerprint density at radius 1 is 1.09 bits per heavy atom. The van der Waals surface area contributed by atoms with Crippen LogP contribution in [0.2, 0.25) is 10.0 Å². The predicted octanol–water partition coefficient (Wildman–Crippen LogP) is 5.72. The van der Waals surface area contributed by atoms with Gasteiger partial charge in [0.2, 0.25) is 0 Å². The van der Waals surface area contributed by atoms with Crippen LogP contribution in [0.3, 0.4) is 0 Å². The number of methoxy groups -OCH3 is 1. The minimum absolute atomic E-state index is 0.218. The lowest BCUT2D eigenvalue weighted by atomic mass is 9.93. The average Bonchev–Trinajstić information content (AvgIpc) is 2.85. The molecule has 9 heteroatoms. The Kier molecular flexibility index (Phi) is 7.68. The molecule has 35 heavy (non-hydrogen) atoms. The van der Waals surface area contributed by atoms with Gasteiger partial charge in [-0.15, -0.1) is 0 Å². The molecule has 3 aromatic rings. The van der Waals surface area contributed by atoms with Gasteiger partial charge in [0.1, 0.15) is 23.0 Å². The van der Waals surface area contributed by atoms with E-state index in [1.807, 2.05) is 6.07 Å². The second-order valence-corrected chi connectivity index (χ2v) is 8.78. The molecule has 0 fully saturated rings. The Labute approximate surface area is 212 Å². The van der Waals surface area contributed by atoms with Crippen LogP contribution in [0, 0.1) is 0 Å². The van der Waals surface area contributed by atoms with Gasteiger partial charge in [0.15, 0.2) is 0 Å². The molecule has 0 radical (unpaired) electrons. The smallest absolute Gasteiger partial charge is 0.311 e. The van der Waals surface area contributed by atoms with Crippen molar-refractivity contribution in [1.29, 1.82) is 0 Å². The number of carboxylic acids is 1. The van der Waals surface area contributed by atoms with Crippen molar-refractivity contribution in [2.24, 2.45) is 0 Å². The van der Waals surface area contributed by atoms with Crippen LogP contribution in [0.1, 0.15) is 33.8 Å². The molecule has 3 aromatic carbocycles. The van der Waals surface area contributed by atoms with Gasteiger partial charge in [0, 0.05) is 28.8 Å². The molecular weight excluding hydrogens is 493 g/mol. The summed E-state index contributed by atoms with van der Waals surface area (Å²) in [6.45, 7) is 0.733. The minimum atomic E-state index is -0.916. The molecular formula is C26H23Cl2NO6. The van der Waals surface area contributed by atoms with Crippen molar-refractivity contribution in [3.05, 3.63) is 81.3 Å². The van der Waals surface area contributed by atoms with E-state index in [0.29, 0.717) is 65.1 Å². The summed E-state index contributed by atoms with van der Waals surface area (Å²) in [5.74, 6) is 0.133. The van der Waals surface area contributed by atoms with Gasteiger partial charge in [0.05, 0.1) is 24.7 Å². The number of carbonyl (C=O) groups is 2. The van der Waals surface area contributed by atoms with E-state index in [0.717, 1.165) is 5.56 Å². The summed E-state index contributed by atoms with van der Waals surface area (Å²) in [5.41, 5.74) is 1.95. The lowest BCUT2D eigenvalue weighted by molar-refractivity contribution is -0.139. The number of halogens is 2. The van der Waals surface area contributed by atoms with E-state index in [9.17, 15) is 14.7 Å². The van der Waals surface area contributed by atoms with Crippen LogP contribution in [0.25, 0.3) is 0 Å². The van der Waals surface area contributed by atoms with Crippen molar-refractivity contribution < 1.29 is 28.9 Å². The molecule has 1 aliphatic rings. The normalized spacial score (nSPS) is 14.4. The first-order valence-electron chi connectivity index (χ1n) is 10.9. The van der Waals surface area contributed by atoms with E-state index in [-0.39, 0.29) is 10.9 Å². The third-order valence-electron chi connectivity index (χ3n) is 5.68. The van der Waals surface area contributed by atoms with Crippen molar-refractivity contribution in [2.45, 2.75) is 18.8 Å². The first-order chi connectivity index (χ1) is 16.9. The van der Waals surface area contributed by atoms with Crippen molar-refractivity contribution in [1.82, 2.24) is 5.32 Å². The fraction of sp³-hybridized carbons (Fsp3) is 0.231. The number of hydrogen-bond donors (Lipinski definition) is 2. The number of nitrogens with one attached hydrogen (secondary N) is 1.